The van der Waals surface area contributed by atoms with Gasteiger partial charge in [0.25, 0.3) is 5.56 Å². The lowest BCUT2D eigenvalue weighted by Crippen LogP contribution is -2.35. The molecule has 1 saturated heterocycles. The molecule has 172 valence electrons. The van der Waals surface area contributed by atoms with E-state index in [0.717, 1.165) is 48.8 Å². The summed E-state index contributed by atoms with van der Waals surface area (Å²) < 4.78 is 1.49. The summed E-state index contributed by atoms with van der Waals surface area (Å²) in [7, 11) is 0. The molecule has 2 aromatic carbocycles. The van der Waals surface area contributed by atoms with Gasteiger partial charge >= 0.3 is 0 Å². The first-order valence-corrected chi connectivity index (χ1v) is 11.8. The van der Waals surface area contributed by atoms with E-state index in [0.29, 0.717) is 17.3 Å². The molecule has 1 aliphatic carbocycles. The van der Waals surface area contributed by atoms with Crippen LogP contribution in [0.1, 0.15) is 54.0 Å². The van der Waals surface area contributed by atoms with Gasteiger partial charge in [-0.2, -0.15) is 0 Å². The minimum absolute atomic E-state index is 0.173. The molecule has 1 unspecified atom stereocenters. The van der Waals surface area contributed by atoms with Gasteiger partial charge in [0.2, 0.25) is 0 Å². The van der Waals surface area contributed by atoms with Gasteiger partial charge in [-0.05, 0) is 82.3 Å². The van der Waals surface area contributed by atoms with Crippen LogP contribution in [0.2, 0.25) is 0 Å². The summed E-state index contributed by atoms with van der Waals surface area (Å²) in [6.45, 7) is 8.00. The number of hydrogen-bond donors (Lipinski definition) is 2. The van der Waals surface area contributed by atoms with E-state index >= 15 is 0 Å². The van der Waals surface area contributed by atoms with Crippen molar-refractivity contribution in [1.29, 1.82) is 0 Å². The van der Waals surface area contributed by atoms with Gasteiger partial charge in [0.05, 0.1) is 11.4 Å². The molecule has 0 amide bonds. The van der Waals surface area contributed by atoms with Crippen molar-refractivity contribution in [3.8, 4) is 11.4 Å². The van der Waals surface area contributed by atoms with Crippen LogP contribution in [0.15, 0.2) is 51.4 Å². The van der Waals surface area contributed by atoms with Gasteiger partial charge in [0, 0.05) is 24.1 Å². The van der Waals surface area contributed by atoms with Gasteiger partial charge in [-0.15, -0.1) is 10.2 Å². The van der Waals surface area contributed by atoms with Crippen LogP contribution in [0.3, 0.4) is 0 Å². The monoisotopic (exact) mass is 445 g/mol. The summed E-state index contributed by atoms with van der Waals surface area (Å²) in [5.74, 6) is 0.470. The standard InChI is InChI=1S/C26H31N5O2/c1-16-9-10-21(14-17(16)2)31-26(33)24(18(3)29-31)28-27-23-8-4-7-22(25(23)32)19-6-5-13-30(15-19)20-11-12-20/h4,7-10,14,19-20,29,32H,5-6,11-13,15H2,1-3H3. The fourth-order valence-electron chi connectivity index (χ4n) is 4.80. The second kappa shape index (κ2) is 8.63. The quantitative estimate of drug-likeness (QED) is 0.505. The van der Waals surface area contributed by atoms with E-state index in [1.807, 2.05) is 44.2 Å². The van der Waals surface area contributed by atoms with Crippen molar-refractivity contribution in [3.05, 3.63) is 69.1 Å². The van der Waals surface area contributed by atoms with E-state index in [9.17, 15) is 9.90 Å². The minimum atomic E-state index is -0.262. The molecule has 7 nitrogen and oxygen atoms in total. The van der Waals surface area contributed by atoms with Gasteiger partial charge in [0.1, 0.15) is 11.4 Å². The van der Waals surface area contributed by atoms with E-state index in [2.05, 4.69) is 20.2 Å². The highest BCUT2D eigenvalue weighted by Crippen LogP contribution is 2.41. The normalized spacial score (nSPS) is 19.4. The Morgan fingerprint density at radius 3 is 2.61 bits per heavy atom. The number of rotatable bonds is 5. The fraction of sp³-hybridized carbons (Fsp3) is 0.423. The molecule has 2 aliphatic rings. The van der Waals surface area contributed by atoms with E-state index < -0.39 is 0 Å². The first-order valence-electron chi connectivity index (χ1n) is 11.8. The maximum atomic E-state index is 13.0. The van der Waals surface area contributed by atoms with Crippen LogP contribution in [0.4, 0.5) is 11.4 Å². The van der Waals surface area contributed by atoms with Gasteiger partial charge in [-0.1, -0.05) is 18.2 Å². The molecular weight excluding hydrogens is 414 g/mol. The van der Waals surface area contributed by atoms with Crippen LogP contribution in [-0.4, -0.2) is 38.9 Å². The Bertz CT molecular complexity index is 1270. The molecule has 1 aliphatic heterocycles. The van der Waals surface area contributed by atoms with Crippen molar-refractivity contribution < 1.29 is 5.11 Å². The van der Waals surface area contributed by atoms with Crippen LogP contribution < -0.4 is 5.56 Å². The molecule has 0 bridgehead atoms. The van der Waals surface area contributed by atoms with Gasteiger partial charge in [0.15, 0.2) is 5.69 Å². The number of hydrogen-bond acceptors (Lipinski definition) is 5. The van der Waals surface area contributed by atoms with Gasteiger partial charge in [-0.25, -0.2) is 4.68 Å². The molecule has 0 spiro atoms. The Kier molecular flexibility index (Phi) is 5.66. The summed E-state index contributed by atoms with van der Waals surface area (Å²) in [6.07, 6.45) is 4.80. The van der Waals surface area contributed by atoms with Crippen LogP contribution in [0, 0.1) is 20.8 Å². The molecule has 2 heterocycles. The number of azo groups is 1. The average Bonchev–Trinajstić information content (AvgIpc) is 3.62. The second-order valence-corrected chi connectivity index (χ2v) is 9.47. The molecule has 7 heteroatoms. The maximum Gasteiger partial charge on any atom is 0.299 e. The highest BCUT2D eigenvalue weighted by Gasteiger charge is 2.33. The lowest BCUT2D eigenvalue weighted by molar-refractivity contribution is 0.197. The van der Waals surface area contributed by atoms with Crippen LogP contribution in [-0.2, 0) is 0 Å². The molecule has 5 rings (SSSR count). The maximum absolute atomic E-state index is 13.0. The summed E-state index contributed by atoms with van der Waals surface area (Å²) >= 11 is 0. The third-order valence-electron chi connectivity index (χ3n) is 7.05. The lowest BCUT2D eigenvalue weighted by Gasteiger charge is -2.33. The number of phenolic OH excluding ortho intramolecular Hbond substituents is 1. The zero-order valence-corrected chi connectivity index (χ0v) is 19.5. The number of benzene rings is 2. The molecule has 3 aromatic rings. The Morgan fingerprint density at radius 1 is 1.03 bits per heavy atom. The zero-order chi connectivity index (χ0) is 23.1. The SMILES string of the molecule is Cc1ccc(-n2[nH]c(C)c(N=Nc3cccc(C4CCCN(C5CC5)C4)c3O)c2=O)cc1C. The van der Waals surface area contributed by atoms with Crippen molar-refractivity contribution >= 4 is 11.4 Å². The first kappa shape index (κ1) is 21.6. The number of aromatic hydroxyl groups is 1. The van der Waals surface area contributed by atoms with Crippen molar-refractivity contribution in [2.75, 3.05) is 13.1 Å². The molecule has 1 aromatic heterocycles. The predicted octanol–water partition coefficient (Wildman–Crippen LogP) is 5.55. The number of likely N-dealkylation sites (tertiary alicyclic amines) is 1. The van der Waals surface area contributed by atoms with Crippen LogP contribution in [0.5, 0.6) is 5.75 Å². The van der Waals surface area contributed by atoms with Crippen molar-refractivity contribution in [3.63, 3.8) is 0 Å². The number of aryl methyl sites for hydroxylation is 3. The Labute approximate surface area is 193 Å². The van der Waals surface area contributed by atoms with Crippen molar-refractivity contribution in [2.45, 2.75) is 58.4 Å². The number of nitrogens with zero attached hydrogens (tertiary/aromatic N) is 4. The van der Waals surface area contributed by atoms with Crippen molar-refractivity contribution in [1.82, 2.24) is 14.7 Å². The summed E-state index contributed by atoms with van der Waals surface area (Å²) in [6, 6.07) is 12.2. The fourth-order valence-corrected chi connectivity index (χ4v) is 4.80. The molecule has 2 N–H and O–H groups in total. The largest absolute Gasteiger partial charge is 0.505 e. The Hall–Kier alpha value is -3.19. The number of H-pyrrole nitrogens is 1. The predicted molar refractivity (Wildman–Crippen MR) is 129 cm³/mol. The van der Waals surface area contributed by atoms with E-state index in [-0.39, 0.29) is 17.0 Å². The molecule has 2 fully saturated rings. The minimum Gasteiger partial charge on any atom is -0.505 e. The summed E-state index contributed by atoms with van der Waals surface area (Å²) in [5.41, 5.74) is 4.98. The number of para-hydroxylation sites is 1. The number of aromatic nitrogens is 2. The topological polar surface area (TPSA) is 86.0 Å². The molecule has 1 atom stereocenters. The van der Waals surface area contributed by atoms with Gasteiger partial charge < -0.3 is 5.11 Å². The van der Waals surface area contributed by atoms with E-state index in [1.54, 1.807) is 13.0 Å². The zero-order valence-electron chi connectivity index (χ0n) is 19.5. The third kappa shape index (κ3) is 4.25. The third-order valence-corrected chi connectivity index (χ3v) is 7.05. The number of nitrogens with one attached hydrogen (secondary N) is 1. The lowest BCUT2D eigenvalue weighted by atomic mass is 9.89. The highest BCUT2D eigenvalue weighted by molar-refractivity contribution is 5.56. The van der Waals surface area contributed by atoms with Gasteiger partial charge in [-0.3, -0.25) is 14.8 Å². The van der Waals surface area contributed by atoms with Crippen LogP contribution in [0.25, 0.3) is 5.69 Å². The Balaban J connectivity index is 1.42. The van der Waals surface area contributed by atoms with Crippen molar-refractivity contribution in [2.24, 2.45) is 10.2 Å². The second-order valence-electron chi connectivity index (χ2n) is 9.47. The Morgan fingerprint density at radius 2 is 1.85 bits per heavy atom. The van der Waals surface area contributed by atoms with E-state index in [4.69, 9.17) is 0 Å². The summed E-state index contributed by atoms with van der Waals surface area (Å²) in [5, 5.41) is 22.6. The first-order chi connectivity index (χ1) is 15.9. The van der Waals surface area contributed by atoms with Crippen LogP contribution >= 0.6 is 0 Å². The summed E-state index contributed by atoms with van der Waals surface area (Å²) in [4.78, 5) is 15.6. The highest BCUT2D eigenvalue weighted by atomic mass is 16.3. The number of phenols is 1. The molecule has 33 heavy (non-hydrogen) atoms. The number of piperidine rings is 1. The average molecular weight is 446 g/mol. The smallest absolute Gasteiger partial charge is 0.299 e. The van der Waals surface area contributed by atoms with E-state index in [1.165, 1.54) is 23.1 Å². The number of aromatic amines is 1. The molecule has 0 radical (unpaired) electrons. The molecule has 1 saturated carbocycles. The molecular formula is C26H31N5O2.